The molecular weight excluding hydrogens is 308 g/mol. The number of fused-ring (bicyclic) bond motifs is 1. The highest BCUT2D eigenvalue weighted by atomic mass is 32.2. The molecule has 1 unspecified atom stereocenters. The second-order valence-corrected chi connectivity index (χ2v) is 6.05. The summed E-state index contributed by atoms with van der Waals surface area (Å²) in [6.07, 6.45) is 4.33. The Balaban J connectivity index is 2.20. The molecule has 1 aliphatic heterocycles. The Labute approximate surface area is 139 Å². The first-order chi connectivity index (χ1) is 11.2. The van der Waals surface area contributed by atoms with Gasteiger partial charge in [-0.3, -0.25) is 14.6 Å². The smallest absolute Gasteiger partial charge is 0.239 e. The molecule has 0 aliphatic carbocycles. The predicted octanol–water partition coefficient (Wildman–Crippen LogP) is 3.11. The molecule has 4 nitrogen and oxygen atoms in total. The number of likely N-dealkylation sites (N-methyl/N-ethyl adjacent to an activating group) is 1. The molecule has 0 spiro atoms. The standard InChI is InChI=1S/C18H16N2O2S/c1-20-15-9-4-3-7-12(15)16(18(20)22)17(23-2)13(11-21)14-8-5-6-10-19-14/h3-11,16H,1-2H3/b17-13-. The van der Waals surface area contributed by atoms with E-state index in [1.165, 1.54) is 11.8 Å². The lowest BCUT2D eigenvalue weighted by atomic mass is 9.96. The number of para-hydroxylation sites is 1. The molecule has 5 heteroatoms. The van der Waals surface area contributed by atoms with Crippen LogP contribution in [0.4, 0.5) is 5.69 Å². The number of hydrogen-bond acceptors (Lipinski definition) is 4. The molecule has 23 heavy (non-hydrogen) atoms. The van der Waals surface area contributed by atoms with E-state index in [9.17, 15) is 9.59 Å². The predicted molar refractivity (Wildman–Crippen MR) is 93.3 cm³/mol. The highest BCUT2D eigenvalue weighted by Gasteiger charge is 2.38. The van der Waals surface area contributed by atoms with Crippen LogP contribution in [0.2, 0.25) is 0 Å². The largest absolute Gasteiger partial charge is 0.314 e. The molecule has 2 heterocycles. The summed E-state index contributed by atoms with van der Waals surface area (Å²) in [5, 5.41) is 0. The van der Waals surface area contributed by atoms with Crippen molar-refractivity contribution < 1.29 is 9.59 Å². The summed E-state index contributed by atoms with van der Waals surface area (Å²) in [6, 6.07) is 13.1. The Hall–Kier alpha value is -2.40. The lowest BCUT2D eigenvalue weighted by molar-refractivity contribution is -0.118. The van der Waals surface area contributed by atoms with E-state index in [0.717, 1.165) is 22.4 Å². The van der Waals surface area contributed by atoms with E-state index in [1.54, 1.807) is 30.3 Å². The maximum atomic E-state index is 12.8. The van der Waals surface area contributed by atoms with Gasteiger partial charge in [0.1, 0.15) is 0 Å². The highest BCUT2D eigenvalue weighted by molar-refractivity contribution is 8.02. The molecule has 0 radical (unpaired) electrons. The third-order valence-corrected chi connectivity index (χ3v) is 4.89. The van der Waals surface area contributed by atoms with Gasteiger partial charge in [-0.2, -0.15) is 0 Å². The van der Waals surface area contributed by atoms with E-state index in [-0.39, 0.29) is 5.91 Å². The van der Waals surface area contributed by atoms with Crippen molar-refractivity contribution in [3.05, 3.63) is 64.8 Å². The summed E-state index contributed by atoms with van der Waals surface area (Å²) >= 11 is 1.42. The third-order valence-electron chi connectivity index (χ3n) is 3.99. The number of nitrogens with zero attached hydrogens (tertiary/aromatic N) is 2. The van der Waals surface area contributed by atoms with Gasteiger partial charge in [0.15, 0.2) is 6.29 Å². The number of carbonyl (C=O) groups excluding carboxylic acids is 2. The Morgan fingerprint density at radius 1 is 1.22 bits per heavy atom. The summed E-state index contributed by atoms with van der Waals surface area (Å²) in [5.41, 5.74) is 2.88. The molecular formula is C18H16N2O2S. The van der Waals surface area contributed by atoms with Crippen molar-refractivity contribution in [2.75, 3.05) is 18.2 Å². The zero-order chi connectivity index (χ0) is 16.4. The van der Waals surface area contributed by atoms with Crippen LogP contribution in [0, 0.1) is 0 Å². The number of aldehydes is 1. The zero-order valence-corrected chi connectivity index (χ0v) is 13.7. The van der Waals surface area contributed by atoms with Crippen LogP contribution in [0.3, 0.4) is 0 Å². The first kappa shape index (κ1) is 15.5. The number of aromatic nitrogens is 1. The minimum Gasteiger partial charge on any atom is -0.314 e. The molecule has 3 rings (SSSR count). The molecule has 0 saturated heterocycles. The van der Waals surface area contributed by atoms with Gasteiger partial charge in [-0.1, -0.05) is 24.3 Å². The second-order valence-electron chi connectivity index (χ2n) is 5.20. The number of carbonyl (C=O) groups is 2. The van der Waals surface area contributed by atoms with Crippen LogP contribution in [0.1, 0.15) is 17.2 Å². The van der Waals surface area contributed by atoms with E-state index in [4.69, 9.17) is 0 Å². The molecule has 0 bridgehead atoms. The molecule has 1 aliphatic rings. The molecule has 1 atom stereocenters. The number of hydrogen-bond donors (Lipinski definition) is 0. The normalized spacial score (nSPS) is 17.7. The lowest BCUT2D eigenvalue weighted by Gasteiger charge is -2.16. The van der Waals surface area contributed by atoms with Crippen LogP contribution in [0.5, 0.6) is 0 Å². The molecule has 2 aromatic rings. The Morgan fingerprint density at radius 2 is 1.96 bits per heavy atom. The highest BCUT2D eigenvalue weighted by Crippen LogP contribution is 2.45. The second kappa shape index (κ2) is 6.38. The van der Waals surface area contributed by atoms with Gasteiger partial charge in [-0.05, 0) is 30.0 Å². The van der Waals surface area contributed by atoms with E-state index in [0.29, 0.717) is 11.3 Å². The maximum Gasteiger partial charge on any atom is 0.239 e. The van der Waals surface area contributed by atoms with Gasteiger partial charge >= 0.3 is 0 Å². The van der Waals surface area contributed by atoms with Crippen LogP contribution >= 0.6 is 11.8 Å². The van der Waals surface area contributed by atoms with Crippen molar-refractivity contribution >= 4 is 35.2 Å². The monoisotopic (exact) mass is 324 g/mol. The first-order valence-corrected chi connectivity index (χ1v) is 8.42. The van der Waals surface area contributed by atoms with Crippen molar-refractivity contribution in [3.8, 4) is 0 Å². The topological polar surface area (TPSA) is 50.3 Å². The minimum atomic E-state index is -0.451. The SMILES string of the molecule is CS/C(=C(/C=O)c1ccccn1)C1C(=O)N(C)c2ccccc21. The number of amides is 1. The summed E-state index contributed by atoms with van der Waals surface area (Å²) < 4.78 is 0. The van der Waals surface area contributed by atoms with Crippen molar-refractivity contribution in [2.24, 2.45) is 0 Å². The molecule has 1 amide bonds. The number of allylic oxidation sites excluding steroid dienone is 1. The third kappa shape index (κ3) is 2.57. The summed E-state index contributed by atoms with van der Waals surface area (Å²) in [4.78, 5) is 31.1. The fraction of sp³-hybridized carbons (Fsp3) is 0.167. The first-order valence-electron chi connectivity index (χ1n) is 7.20. The Kier molecular flexibility index (Phi) is 4.30. The number of anilines is 1. The van der Waals surface area contributed by atoms with Crippen molar-refractivity contribution in [2.45, 2.75) is 5.92 Å². The van der Waals surface area contributed by atoms with Gasteiger partial charge in [-0.15, -0.1) is 11.8 Å². The summed E-state index contributed by atoms with van der Waals surface area (Å²) in [5.74, 6) is -0.473. The van der Waals surface area contributed by atoms with Gasteiger partial charge in [-0.25, -0.2) is 0 Å². The fourth-order valence-corrected chi connectivity index (χ4v) is 3.72. The Morgan fingerprint density at radius 3 is 2.61 bits per heavy atom. The molecule has 0 fully saturated rings. The van der Waals surface area contributed by atoms with E-state index in [1.807, 2.05) is 36.6 Å². The maximum absolute atomic E-state index is 12.8. The Bertz CT molecular complexity index is 787. The fourth-order valence-electron chi connectivity index (χ4n) is 2.89. The summed E-state index contributed by atoms with van der Waals surface area (Å²) in [7, 11) is 1.76. The van der Waals surface area contributed by atoms with E-state index in [2.05, 4.69) is 4.98 Å². The molecule has 0 N–H and O–H groups in total. The average molecular weight is 324 g/mol. The number of rotatable bonds is 4. The van der Waals surface area contributed by atoms with E-state index >= 15 is 0 Å². The number of benzene rings is 1. The number of pyridine rings is 1. The lowest BCUT2D eigenvalue weighted by Crippen LogP contribution is -2.24. The van der Waals surface area contributed by atoms with E-state index < -0.39 is 5.92 Å². The number of thioether (sulfide) groups is 1. The van der Waals surface area contributed by atoms with Crippen LogP contribution < -0.4 is 4.90 Å². The molecule has 116 valence electrons. The van der Waals surface area contributed by atoms with Gasteiger partial charge in [0.05, 0.1) is 17.2 Å². The van der Waals surface area contributed by atoms with Gasteiger partial charge < -0.3 is 4.90 Å². The van der Waals surface area contributed by atoms with Crippen LogP contribution in [0.25, 0.3) is 5.57 Å². The molecule has 0 saturated carbocycles. The molecule has 1 aromatic heterocycles. The van der Waals surface area contributed by atoms with Gasteiger partial charge in [0, 0.05) is 23.8 Å². The zero-order valence-electron chi connectivity index (χ0n) is 12.9. The average Bonchev–Trinajstić information content (AvgIpc) is 2.85. The van der Waals surface area contributed by atoms with Crippen molar-refractivity contribution in [3.63, 3.8) is 0 Å². The van der Waals surface area contributed by atoms with Crippen molar-refractivity contribution in [1.82, 2.24) is 4.98 Å². The van der Waals surface area contributed by atoms with Crippen LogP contribution in [-0.4, -0.2) is 30.5 Å². The van der Waals surface area contributed by atoms with Crippen LogP contribution in [-0.2, 0) is 9.59 Å². The van der Waals surface area contributed by atoms with Crippen LogP contribution in [0.15, 0.2) is 53.6 Å². The van der Waals surface area contributed by atoms with Gasteiger partial charge in [0.2, 0.25) is 5.91 Å². The van der Waals surface area contributed by atoms with Gasteiger partial charge in [0.25, 0.3) is 0 Å². The minimum absolute atomic E-state index is 0.0224. The quantitative estimate of drug-likeness (QED) is 0.640. The molecule has 1 aromatic carbocycles. The summed E-state index contributed by atoms with van der Waals surface area (Å²) in [6.45, 7) is 0. The van der Waals surface area contributed by atoms with Crippen molar-refractivity contribution in [1.29, 1.82) is 0 Å².